The van der Waals surface area contributed by atoms with Gasteiger partial charge in [0.05, 0.1) is 11.1 Å². The van der Waals surface area contributed by atoms with Gasteiger partial charge in [0.15, 0.2) is 0 Å². The number of ether oxygens (including phenoxy) is 1. The van der Waals surface area contributed by atoms with Crippen LogP contribution in [-0.2, 0) is 10.0 Å². The molecule has 0 aromatic heterocycles. The highest BCUT2D eigenvalue weighted by atomic mass is 35.5. The zero-order valence-electron chi connectivity index (χ0n) is 12.1. The summed E-state index contributed by atoms with van der Waals surface area (Å²) in [7, 11) is -3.74. The van der Waals surface area contributed by atoms with Gasteiger partial charge < -0.3 is 4.74 Å². The SMILES string of the molecule is C=CCOc1ccccc1C=NNS(=O)(=O)c1ccc(Cl)cc1. The lowest BCUT2D eigenvalue weighted by Gasteiger charge is -2.06. The van der Waals surface area contributed by atoms with E-state index in [2.05, 4.69) is 16.5 Å². The summed E-state index contributed by atoms with van der Waals surface area (Å²) in [4.78, 5) is 2.23. The molecule has 0 amide bonds. The first-order valence-corrected chi connectivity index (χ1v) is 8.52. The fraction of sp³-hybridized carbons (Fsp3) is 0.0625. The Morgan fingerprint density at radius 2 is 1.87 bits per heavy atom. The monoisotopic (exact) mass is 350 g/mol. The number of hydrogen-bond donors (Lipinski definition) is 1. The van der Waals surface area contributed by atoms with Crippen LogP contribution in [0.5, 0.6) is 5.75 Å². The van der Waals surface area contributed by atoms with Gasteiger partial charge in [0.1, 0.15) is 12.4 Å². The molecule has 0 aliphatic carbocycles. The minimum absolute atomic E-state index is 0.0789. The Labute approximate surface area is 140 Å². The summed E-state index contributed by atoms with van der Waals surface area (Å²) < 4.78 is 29.6. The van der Waals surface area contributed by atoms with Crippen LogP contribution in [0.2, 0.25) is 5.02 Å². The smallest absolute Gasteiger partial charge is 0.276 e. The summed E-state index contributed by atoms with van der Waals surface area (Å²) >= 11 is 5.74. The molecular formula is C16H15ClN2O3S. The van der Waals surface area contributed by atoms with Gasteiger partial charge in [-0.05, 0) is 36.4 Å². The first-order chi connectivity index (χ1) is 11.0. The van der Waals surface area contributed by atoms with Crippen molar-refractivity contribution in [1.29, 1.82) is 0 Å². The van der Waals surface area contributed by atoms with Crippen LogP contribution < -0.4 is 9.57 Å². The highest BCUT2D eigenvalue weighted by Gasteiger charge is 2.12. The van der Waals surface area contributed by atoms with Crippen LogP contribution in [0, 0.1) is 0 Å². The number of para-hydroxylation sites is 1. The Morgan fingerprint density at radius 1 is 1.17 bits per heavy atom. The number of hydrogen-bond acceptors (Lipinski definition) is 4. The lowest BCUT2D eigenvalue weighted by atomic mass is 10.2. The van der Waals surface area contributed by atoms with Crippen LogP contribution in [0.1, 0.15) is 5.56 Å². The molecule has 0 radical (unpaired) electrons. The minimum atomic E-state index is -3.74. The quantitative estimate of drug-likeness (QED) is 0.473. The third-order valence-electron chi connectivity index (χ3n) is 2.78. The van der Waals surface area contributed by atoms with Gasteiger partial charge in [-0.25, -0.2) is 4.83 Å². The maximum atomic E-state index is 12.1. The molecule has 0 saturated heterocycles. The van der Waals surface area contributed by atoms with Crippen LogP contribution in [-0.4, -0.2) is 21.2 Å². The lowest BCUT2D eigenvalue weighted by Crippen LogP contribution is -2.18. The molecule has 2 rings (SSSR count). The molecule has 1 N–H and O–H groups in total. The van der Waals surface area contributed by atoms with Crippen LogP contribution in [0.25, 0.3) is 0 Å². The van der Waals surface area contributed by atoms with Crippen molar-refractivity contribution in [3.8, 4) is 5.75 Å². The van der Waals surface area contributed by atoms with Crippen molar-refractivity contribution in [3.05, 3.63) is 71.8 Å². The summed E-state index contributed by atoms with van der Waals surface area (Å²) in [5, 5.41) is 4.24. The molecule has 0 saturated carbocycles. The Kier molecular flexibility index (Phi) is 5.78. The number of benzene rings is 2. The third kappa shape index (κ3) is 4.84. The third-order valence-corrected chi connectivity index (χ3v) is 4.27. The van der Waals surface area contributed by atoms with E-state index in [0.29, 0.717) is 22.9 Å². The lowest BCUT2D eigenvalue weighted by molar-refractivity contribution is 0.362. The summed E-state index contributed by atoms with van der Waals surface area (Å²) in [6.07, 6.45) is 3.00. The van der Waals surface area contributed by atoms with Gasteiger partial charge in [-0.3, -0.25) is 0 Å². The molecule has 0 aliphatic heterocycles. The Hall–Kier alpha value is -2.31. The minimum Gasteiger partial charge on any atom is -0.489 e. The van der Waals surface area contributed by atoms with E-state index in [1.54, 1.807) is 24.3 Å². The largest absolute Gasteiger partial charge is 0.489 e. The molecule has 7 heteroatoms. The van der Waals surface area contributed by atoms with Gasteiger partial charge in [-0.15, -0.1) is 0 Å². The van der Waals surface area contributed by atoms with Gasteiger partial charge in [-0.2, -0.15) is 13.5 Å². The van der Waals surface area contributed by atoms with Crippen molar-refractivity contribution in [3.63, 3.8) is 0 Å². The fourth-order valence-corrected chi connectivity index (χ4v) is 2.62. The van der Waals surface area contributed by atoms with Crippen molar-refractivity contribution < 1.29 is 13.2 Å². The van der Waals surface area contributed by atoms with Crippen molar-refractivity contribution in [2.45, 2.75) is 4.90 Å². The van der Waals surface area contributed by atoms with Crippen LogP contribution in [0.3, 0.4) is 0 Å². The van der Waals surface area contributed by atoms with Gasteiger partial charge in [0.25, 0.3) is 10.0 Å². The van der Waals surface area contributed by atoms with Gasteiger partial charge >= 0.3 is 0 Å². The number of rotatable bonds is 7. The standard InChI is InChI=1S/C16H15ClN2O3S/c1-2-11-22-16-6-4-3-5-13(16)12-18-19-23(20,21)15-9-7-14(17)8-10-15/h2-10,12,19H,1,11H2. The Morgan fingerprint density at radius 3 is 2.57 bits per heavy atom. The summed E-state index contributed by atoms with van der Waals surface area (Å²) in [6.45, 7) is 3.93. The van der Waals surface area contributed by atoms with Crippen LogP contribution in [0.15, 0.2) is 71.2 Å². The summed E-state index contributed by atoms with van der Waals surface area (Å²) in [6, 6.07) is 12.9. The van der Waals surface area contributed by atoms with Crippen LogP contribution in [0.4, 0.5) is 0 Å². The first kappa shape index (κ1) is 17.1. The fourth-order valence-electron chi connectivity index (χ4n) is 1.70. The van der Waals surface area contributed by atoms with E-state index < -0.39 is 10.0 Å². The van der Waals surface area contributed by atoms with E-state index in [4.69, 9.17) is 16.3 Å². The number of halogens is 1. The van der Waals surface area contributed by atoms with Gasteiger partial charge in [0, 0.05) is 10.6 Å². The average molecular weight is 351 g/mol. The second-order valence-corrected chi connectivity index (χ2v) is 6.54. The predicted octanol–water partition coefficient (Wildman–Crippen LogP) is 3.22. The predicted molar refractivity (Wildman–Crippen MR) is 91.5 cm³/mol. The molecule has 120 valence electrons. The zero-order chi connectivity index (χ0) is 16.7. The second-order valence-electron chi connectivity index (χ2n) is 4.44. The molecule has 0 aliphatic rings. The molecule has 5 nitrogen and oxygen atoms in total. The van der Waals surface area contributed by atoms with E-state index in [-0.39, 0.29) is 4.90 Å². The number of nitrogens with one attached hydrogen (secondary N) is 1. The zero-order valence-corrected chi connectivity index (χ0v) is 13.7. The van der Waals surface area contributed by atoms with E-state index in [1.165, 1.54) is 30.5 Å². The van der Waals surface area contributed by atoms with E-state index >= 15 is 0 Å². The van der Waals surface area contributed by atoms with Crippen molar-refractivity contribution in [2.24, 2.45) is 5.10 Å². The maximum Gasteiger partial charge on any atom is 0.276 e. The molecule has 23 heavy (non-hydrogen) atoms. The molecule has 2 aromatic carbocycles. The topological polar surface area (TPSA) is 67.8 Å². The molecule has 0 unspecified atom stereocenters. The van der Waals surface area contributed by atoms with Crippen LogP contribution >= 0.6 is 11.6 Å². The highest BCUT2D eigenvalue weighted by molar-refractivity contribution is 7.89. The molecule has 0 fully saturated rings. The second kappa shape index (κ2) is 7.80. The molecule has 2 aromatic rings. The Balaban J connectivity index is 2.12. The number of sulfonamides is 1. The summed E-state index contributed by atoms with van der Waals surface area (Å²) in [5.41, 5.74) is 0.646. The molecule has 0 heterocycles. The van der Waals surface area contributed by atoms with E-state index in [0.717, 1.165) is 0 Å². The molecule has 0 spiro atoms. The number of hydrazone groups is 1. The Bertz CT molecular complexity index is 802. The van der Waals surface area contributed by atoms with Crippen molar-refractivity contribution in [2.75, 3.05) is 6.61 Å². The van der Waals surface area contributed by atoms with Crippen molar-refractivity contribution >= 4 is 27.8 Å². The molecule has 0 atom stereocenters. The normalized spacial score (nSPS) is 11.3. The number of nitrogens with zero attached hydrogens (tertiary/aromatic N) is 1. The average Bonchev–Trinajstić information content (AvgIpc) is 2.54. The van der Waals surface area contributed by atoms with Gasteiger partial charge in [0.2, 0.25) is 0 Å². The molecular weight excluding hydrogens is 336 g/mol. The summed E-state index contributed by atoms with van der Waals surface area (Å²) in [5.74, 6) is 0.585. The van der Waals surface area contributed by atoms with E-state index in [1.807, 2.05) is 6.07 Å². The molecule has 0 bridgehead atoms. The first-order valence-electron chi connectivity index (χ1n) is 6.66. The maximum absolute atomic E-state index is 12.1. The van der Waals surface area contributed by atoms with Crippen molar-refractivity contribution in [1.82, 2.24) is 4.83 Å². The highest BCUT2D eigenvalue weighted by Crippen LogP contribution is 2.16. The van der Waals surface area contributed by atoms with E-state index in [9.17, 15) is 8.42 Å². The van der Waals surface area contributed by atoms with Gasteiger partial charge in [-0.1, -0.05) is 36.4 Å².